The molecule has 0 bridgehead atoms. The fourth-order valence-electron chi connectivity index (χ4n) is 1.87. The first-order chi connectivity index (χ1) is 8.36. The number of anilines is 1. The highest BCUT2D eigenvalue weighted by molar-refractivity contribution is 6.30. The molecule has 1 rings (SSSR count). The van der Waals surface area contributed by atoms with Crippen molar-refractivity contribution in [3.8, 4) is 0 Å². The number of rotatable bonds is 5. The standard InChI is InChI=1S/C14H24ClN3/c1-7-18(8-9(2)3)14-11(6)12(15)16-13(17-14)10(4)5/h9-10H,7-8H2,1-6H3. The van der Waals surface area contributed by atoms with Crippen LogP contribution in [0.25, 0.3) is 0 Å². The van der Waals surface area contributed by atoms with Gasteiger partial charge in [-0.3, -0.25) is 0 Å². The molecule has 0 saturated heterocycles. The number of nitrogens with zero attached hydrogens (tertiary/aromatic N) is 3. The molecule has 18 heavy (non-hydrogen) atoms. The summed E-state index contributed by atoms with van der Waals surface area (Å²) in [5.74, 6) is 2.69. The van der Waals surface area contributed by atoms with Gasteiger partial charge in [-0.25, -0.2) is 9.97 Å². The Bertz CT molecular complexity index is 402. The maximum atomic E-state index is 6.22. The minimum absolute atomic E-state index is 0.291. The van der Waals surface area contributed by atoms with Crippen LogP contribution in [0.1, 0.15) is 51.9 Å². The van der Waals surface area contributed by atoms with E-state index in [1.54, 1.807) is 0 Å². The molecule has 0 aliphatic carbocycles. The van der Waals surface area contributed by atoms with Crippen LogP contribution in [0.4, 0.5) is 5.82 Å². The van der Waals surface area contributed by atoms with E-state index in [0.29, 0.717) is 17.0 Å². The third-order valence-corrected chi connectivity index (χ3v) is 3.23. The molecular weight excluding hydrogens is 246 g/mol. The van der Waals surface area contributed by atoms with Crippen LogP contribution in [-0.2, 0) is 0 Å². The molecule has 0 aliphatic heterocycles. The number of hydrogen-bond acceptors (Lipinski definition) is 3. The molecule has 1 aromatic rings. The van der Waals surface area contributed by atoms with E-state index in [4.69, 9.17) is 11.6 Å². The topological polar surface area (TPSA) is 29.0 Å². The van der Waals surface area contributed by atoms with Crippen LogP contribution in [-0.4, -0.2) is 23.1 Å². The zero-order valence-electron chi connectivity index (χ0n) is 12.3. The van der Waals surface area contributed by atoms with Crippen LogP contribution < -0.4 is 4.90 Å². The molecule has 0 unspecified atom stereocenters. The van der Waals surface area contributed by atoms with Crippen LogP contribution in [0, 0.1) is 12.8 Å². The Kier molecular flexibility index (Phi) is 5.39. The Balaban J connectivity index is 3.19. The summed E-state index contributed by atoms with van der Waals surface area (Å²) in [6, 6.07) is 0. The lowest BCUT2D eigenvalue weighted by atomic mass is 10.1. The molecule has 0 aliphatic rings. The monoisotopic (exact) mass is 269 g/mol. The quantitative estimate of drug-likeness (QED) is 0.756. The fraction of sp³-hybridized carbons (Fsp3) is 0.714. The highest BCUT2D eigenvalue weighted by Gasteiger charge is 2.16. The highest BCUT2D eigenvalue weighted by Crippen LogP contribution is 2.26. The molecule has 102 valence electrons. The van der Waals surface area contributed by atoms with Crippen molar-refractivity contribution < 1.29 is 0 Å². The molecule has 0 spiro atoms. The Morgan fingerprint density at radius 2 is 1.78 bits per heavy atom. The van der Waals surface area contributed by atoms with Gasteiger partial charge >= 0.3 is 0 Å². The second-order valence-electron chi connectivity index (χ2n) is 5.41. The molecule has 0 N–H and O–H groups in total. The van der Waals surface area contributed by atoms with Crippen LogP contribution in [0.3, 0.4) is 0 Å². The van der Waals surface area contributed by atoms with Gasteiger partial charge in [-0.2, -0.15) is 0 Å². The van der Waals surface area contributed by atoms with Crippen LogP contribution in [0.5, 0.6) is 0 Å². The Morgan fingerprint density at radius 3 is 2.22 bits per heavy atom. The molecule has 0 fully saturated rings. The largest absolute Gasteiger partial charge is 0.356 e. The van der Waals surface area contributed by atoms with E-state index in [9.17, 15) is 0 Å². The lowest BCUT2D eigenvalue weighted by Crippen LogP contribution is -2.29. The van der Waals surface area contributed by atoms with E-state index in [1.807, 2.05) is 6.92 Å². The summed E-state index contributed by atoms with van der Waals surface area (Å²) in [7, 11) is 0. The van der Waals surface area contributed by atoms with Crippen LogP contribution in [0.15, 0.2) is 0 Å². The molecule has 4 heteroatoms. The molecule has 3 nitrogen and oxygen atoms in total. The zero-order valence-corrected chi connectivity index (χ0v) is 13.0. The van der Waals surface area contributed by atoms with Gasteiger partial charge in [0.05, 0.1) is 0 Å². The molecule has 0 saturated carbocycles. The van der Waals surface area contributed by atoms with Crippen molar-refractivity contribution in [2.24, 2.45) is 5.92 Å². The first-order valence-electron chi connectivity index (χ1n) is 6.65. The summed E-state index contributed by atoms with van der Waals surface area (Å²) in [6.07, 6.45) is 0. The minimum atomic E-state index is 0.291. The molecule has 0 amide bonds. The first-order valence-corrected chi connectivity index (χ1v) is 7.03. The van der Waals surface area contributed by atoms with Crippen LogP contribution >= 0.6 is 11.6 Å². The lowest BCUT2D eigenvalue weighted by Gasteiger charge is -2.26. The summed E-state index contributed by atoms with van der Waals surface area (Å²) in [5.41, 5.74) is 0.976. The Morgan fingerprint density at radius 1 is 1.17 bits per heavy atom. The first kappa shape index (κ1) is 15.2. The molecule has 0 atom stereocenters. The van der Waals surface area contributed by atoms with Gasteiger partial charge in [-0.1, -0.05) is 39.3 Å². The second kappa shape index (κ2) is 6.37. The summed E-state index contributed by atoms with van der Waals surface area (Å²) in [4.78, 5) is 11.3. The fourth-order valence-corrected chi connectivity index (χ4v) is 2.04. The van der Waals surface area contributed by atoms with Crippen molar-refractivity contribution in [1.29, 1.82) is 0 Å². The van der Waals surface area contributed by atoms with Gasteiger partial charge in [-0.05, 0) is 19.8 Å². The average Bonchev–Trinajstić information content (AvgIpc) is 2.29. The normalized spacial score (nSPS) is 11.4. The van der Waals surface area contributed by atoms with Gasteiger partial charge in [0.25, 0.3) is 0 Å². The maximum Gasteiger partial charge on any atom is 0.137 e. The summed E-state index contributed by atoms with van der Waals surface area (Å²) in [6.45, 7) is 14.7. The molecule has 1 aromatic heterocycles. The van der Waals surface area contributed by atoms with E-state index in [-0.39, 0.29) is 0 Å². The highest BCUT2D eigenvalue weighted by atomic mass is 35.5. The van der Waals surface area contributed by atoms with Gasteiger partial charge in [0.2, 0.25) is 0 Å². The van der Waals surface area contributed by atoms with Crippen molar-refractivity contribution in [2.45, 2.75) is 47.5 Å². The lowest BCUT2D eigenvalue weighted by molar-refractivity contribution is 0.610. The number of halogens is 1. The van der Waals surface area contributed by atoms with Crippen molar-refractivity contribution in [2.75, 3.05) is 18.0 Å². The van der Waals surface area contributed by atoms with Crippen LogP contribution in [0.2, 0.25) is 5.15 Å². The van der Waals surface area contributed by atoms with Crippen molar-refractivity contribution in [1.82, 2.24) is 9.97 Å². The Hall–Kier alpha value is -0.830. The van der Waals surface area contributed by atoms with Gasteiger partial charge in [0.15, 0.2) is 0 Å². The molecule has 0 aromatic carbocycles. The molecule has 1 heterocycles. The predicted octanol–water partition coefficient (Wildman–Crippen LogP) is 4.04. The van der Waals surface area contributed by atoms with Crippen molar-refractivity contribution in [3.05, 3.63) is 16.5 Å². The maximum absolute atomic E-state index is 6.22. The smallest absolute Gasteiger partial charge is 0.137 e. The number of hydrogen-bond donors (Lipinski definition) is 0. The average molecular weight is 270 g/mol. The molecule has 0 radical (unpaired) electrons. The second-order valence-corrected chi connectivity index (χ2v) is 5.77. The third-order valence-electron chi connectivity index (χ3n) is 2.86. The Labute approximate surface area is 116 Å². The third kappa shape index (κ3) is 3.58. The van der Waals surface area contributed by atoms with E-state index in [1.165, 1.54) is 0 Å². The zero-order chi connectivity index (χ0) is 13.9. The van der Waals surface area contributed by atoms with E-state index in [0.717, 1.165) is 30.3 Å². The SMILES string of the molecule is CCN(CC(C)C)c1nc(C(C)C)nc(Cl)c1C. The minimum Gasteiger partial charge on any atom is -0.356 e. The van der Waals surface area contributed by atoms with Gasteiger partial charge in [0.1, 0.15) is 16.8 Å². The van der Waals surface area contributed by atoms with Crippen molar-refractivity contribution >= 4 is 17.4 Å². The van der Waals surface area contributed by atoms with Gasteiger partial charge in [0, 0.05) is 24.6 Å². The summed E-state index contributed by atoms with van der Waals surface area (Å²) < 4.78 is 0. The van der Waals surface area contributed by atoms with Gasteiger partial charge < -0.3 is 4.90 Å². The summed E-state index contributed by atoms with van der Waals surface area (Å²) >= 11 is 6.22. The van der Waals surface area contributed by atoms with Crippen molar-refractivity contribution in [3.63, 3.8) is 0 Å². The summed E-state index contributed by atoms with van der Waals surface area (Å²) in [5, 5.41) is 0.575. The van der Waals surface area contributed by atoms with E-state index < -0.39 is 0 Å². The molecular formula is C14H24ClN3. The van der Waals surface area contributed by atoms with Gasteiger partial charge in [-0.15, -0.1) is 0 Å². The number of aromatic nitrogens is 2. The van der Waals surface area contributed by atoms with E-state index in [2.05, 4.69) is 49.5 Å². The predicted molar refractivity (Wildman–Crippen MR) is 78.6 cm³/mol. The van der Waals surface area contributed by atoms with E-state index >= 15 is 0 Å².